The van der Waals surface area contributed by atoms with Crippen LogP contribution in [0.2, 0.25) is 0 Å². The monoisotopic (exact) mass is 364 g/mol. The summed E-state index contributed by atoms with van der Waals surface area (Å²) in [6.45, 7) is 1.82. The van der Waals surface area contributed by atoms with Gasteiger partial charge in [-0.05, 0) is 56.5 Å². The zero-order chi connectivity index (χ0) is 10.2. The topological polar surface area (TPSA) is 54.4 Å². The first-order valence-corrected chi connectivity index (χ1v) is 6.28. The van der Waals surface area contributed by atoms with Gasteiger partial charge in [0.15, 0.2) is 0 Å². The summed E-state index contributed by atoms with van der Waals surface area (Å²) in [5.74, 6) is 0. The Labute approximate surface area is 105 Å². The van der Waals surface area contributed by atoms with Crippen molar-refractivity contribution < 1.29 is 13.0 Å². The van der Waals surface area contributed by atoms with E-state index in [-0.39, 0.29) is 17.3 Å². The summed E-state index contributed by atoms with van der Waals surface area (Å²) in [7, 11) is -4.17. The van der Waals surface area contributed by atoms with Crippen LogP contribution in [0.3, 0.4) is 0 Å². The minimum atomic E-state index is -4.17. The zero-order valence-corrected chi connectivity index (χ0v) is 11.8. The van der Waals surface area contributed by atoms with Crippen LogP contribution in [0, 0.1) is 6.92 Å². The second kappa shape index (κ2) is 4.94. The highest BCUT2D eigenvalue weighted by Crippen LogP contribution is 2.30. The second-order valence-corrected chi connectivity index (χ2v) is 5.60. The fourth-order valence-corrected chi connectivity index (χ4v) is 4.19. The molecule has 0 fully saturated rings. The van der Waals surface area contributed by atoms with Crippen LogP contribution >= 0.6 is 44.3 Å². The van der Waals surface area contributed by atoms with Crippen molar-refractivity contribution in [3.63, 3.8) is 0 Å². The minimum Gasteiger partial charge on any atom is -0.282 e. The van der Waals surface area contributed by atoms with Crippen molar-refractivity contribution in [2.24, 2.45) is 0 Å². The predicted molar refractivity (Wildman–Crippen MR) is 63.6 cm³/mol. The smallest absolute Gasteiger partial charge is 0.282 e. The van der Waals surface area contributed by atoms with Gasteiger partial charge in [-0.1, -0.05) is 0 Å². The number of benzene rings is 1. The third-order valence-electron chi connectivity index (χ3n) is 1.40. The van der Waals surface area contributed by atoms with Gasteiger partial charge in [-0.2, -0.15) is 8.42 Å². The summed E-state index contributed by atoms with van der Waals surface area (Å²) in [6.07, 6.45) is 0. The molecular formula is C7H7Br2ClO3S. The molecule has 0 aliphatic carbocycles. The molecule has 1 rings (SSSR count). The molecule has 0 aromatic heterocycles. The van der Waals surface area contributed by atoms with E-state index in [1.807, 2.05) is 6.92 Å². The molecule has 7 heteroatoms. The molecule has 0 atom stereocenters. The standard InChI is InChI=1S/C7H6Br2O3S.ClH/c1-4-2-5(8)7(6(9)3-4)13(10,11)12;/h2-3H,1H3,(H,10,11,12);1H. The van der Waals surface area contributed by atoms with Crippen LogP contribution < -0.4 is 0 Å². The van der Waals surface area contributed by atoms with Gasteiger partial charge in [0, 0.05) is 8.95 Å². The highest BCUT2D eigenvalue weighted by Gasteiger charge is 2.18. The van der Waals surface area contributed by atoms with E-state index in [1.54, 1.807) is 12.1 Å². The van der Waals surface area contributed by atoms with E-state index >= 15 is 0 Å². The van der Waals surface area contributed by atoms with Crippen LogP contribution in [0.1, 0.15) is 5.56 Å². The molecule has 3 nitrogen and oxygen atoms in total. The molecule has 80 valence electrons. The summed E-state index contributed by atoms with van der Waals surface area (Å²) in [5.41, 5.74) is 0.895. The number of hydrogen-bond donors (Lipinski definition) is 1. The fourth-order valence-electron chi connectivity index (χ4n) is 0.933. The van der Waals surface area contributed by atoms with Crippen LogP contribution in [0.5, 0.6) is 0 Å². The van der Waals surface area contributed by atoms with Crippen molar-refractivity contribution in [2.45, 2.75) is 11.8 Å². The molecule has 1 aromatic rings. The first kappa shape index (κ1) is 14.4. The molecule has 0 unspecified atom stereocenters. The Morgan fingerprint density at radius 2 is 1.57 bits per heavy atom. The highest BCUT2D eigenvalue weighted by atomic mass is 79.9. The molecule has 1 aromatic carbocycles. The summed E-state index contributed by atoms with van der Waals surface area (Å²) in [5, 5.41) is 0. The summed E-state index contributed by atoms with van der Waals surface area (Å²) in [6, 6.07) is 3.24. The first-order valence-electron chi connectivity index (χ1n) is 3.25. The van der Waals surface area contributed by atoms with Crippen molar-refractivity contribution in [1.82, 2.24) is 0 Å². The number of hydrogen-bond acceptors (Lipinski definition) is 2. The lowest BCUT2D eigenvalue weighted by Gasteiger charge is -2.04. The Hall–Kier alpha value is 0.380. The Morgan fingerprint density at radius 1 is 1.21 bits per heavy atom. The Morgan fingerprint density at radius 3 is 1.86 bits per heavy atom. The molecule has 0 aliphatic heterocycles. The maximum atomic E-state index is 10.9. The van der Waals surface area contributed by atoms with Crippen molar-refractivity contribution in [2.75, 3.05) is 0 Å². The second-order valence-electron chi connectivity index (χ2n) is 2.53. The normalized spacial score (nSPS) is 10.9. The van der Waals surface area contributed by atoms with Crippen molar-refractivity contribution in [1.29, 1.82) is 0 Å². The lowest BCUT2D eigenvalue weighted by atomic mass is 10.2. The summed E-state index contributed by atoms with van der Waals surface area (Å²) < 4.78 is 31.3. The van der Waals surface area contributed by atoms with Crippen molar-refractivity contribution in [3.8, 4) is 0 Å². The van der Waals surface area contributed by atoms with E-state index in [1.165, 1.54) is 0 Å². The van der Waals surface area contributed by atoms with E-state index in [2.05, 4.69) is 31.9 Å². The predicted octanol–water partition coefficient (Wildman–Crippen LogP) is 3.19. The highest BCUT2D eigenvalue weighted by molar-refractivity contribution is 9.11. The van der Waals surface area contributed by atoms with Gasteiger partial charge in [0.1, 0.15) is 4.90 Å². The number of aryl methyl sites for hydroxylation is 1. The SMILES string of the molecule is Cc1cc(Br)c(S(=O)(=O)O)c(Br)c1.Cl. The molecule has 0 spiro atoms. The van der Waals surface area contributed by atoms with E-state index in [4.69, 9.17) is 4.55 Å². The molecule has 0 radical (unpaired) electrons. The van der Waals surface area contributed by atoms with Gasteiger partial charge in [-0.3, -0.25) is 4.55 Å². The van der Waals surface area contributed by atoms with Gasteiger partial charge < -0.3 is 0 Å². The minimum absolute atomic E-state index is 0. The van der Waals surface area contributed by atoms with E-state index in [9.17, 15) is 8.42 Å². The first-order chi connectivity index (χ1) is 5.82. The van der Waals surface area contributed by atoms with Crippen LogP contribution in [-0.2, 0) is 10.1 Å². The van der Waals surface area contributed by atoms with Gasteiger partial charge in [0.25, 0.3) is 10.1 Å². The molecule has 0 saturated carbocycles. The summed E-state index contributed by atoms with van der Waals surface area (Å²) in [4.78, 5) is -0.141. The van der Waals surface area contributed by atoms with Crippen molar-refractivity contribution >= 4 is 54.4 Å². The molecule has 0 bridgehead atoms. The number of rotatable bonds is 1. The van der Waals surface area contributed by atoms with Crippen LogP contribution in [0.15, 0.2) is 26.0 Å². The van der Waals surface area contributed by atoms with Crippen molar-refractivity contribution in [3.05, 3.63) is 26.6 Å². The molecular weight excluding hydrogens is 359 g/mol. The molecule has 14 heavy (non-hydrogen) atoms. The Kier molecular flexibility index (Phi) is 5.07. The quantitative estimate of drug-likeness (QED) is 0.777. The molecule has 0 heterocycles. The molecule has 0 amide bonds. The third-order valence-corrected chi connectivity index (χ3v) is 4.13. The van der Waals surface area contributed by atoms with Gasteiger partial charge in [0.2, 0.25) is 0 Å². The average molecular weight is 366 g/mol. The van der Waals surface area contributed by atoms with E-state index in [0.717, 1.165) is 5.56 Å². The van der Waals surface area contributed by atoms with Gasteiger partial charge in [-0.15, -0.1) is 12.4 Å². The van der Waals surface area contributed by atoms with Gasteiger partial charge in [0.05, 0.1) is 0 Å². The molecule has 0 aliphatic rings. The molecule has 1 N–H and O–H groups in total. The van der Waals surface area contributed by atoms with Crippen LogP contribution in [0.4, 0.5) is 0 Å². The van der Waals surface area contributed by atoms with Crippen LogP contribution in [-0.4, -0.2) is 13.0 Å². The Balaban J connectivity index is 0.00000169. The lowest BCUT2D eigenvalue weighted by molar-refractivity contribution is 0.482. The zero-order valence-electron chi connectivity index (χ0n) is 6.99. The fraction of sp³-hybridized carbons (Fsp3) is 0.143. The number of halogens is 3. The average Bonchev–Trinajstić information content (AvgIpc) is 1.78. The van der Waals surface area contributed by atoms with E-state index < -0.39 is 10.1 Å². The van der Waals surface area contributed by atoms with Gasteiger partial charge in [-0.25, -0.2) is 0 Å². The summed E-state index contributed by atoms with van der Waals surface area (Å²) >= 11 is 6.13. The Bertz CT molecular complexity index is 421. The largest absolute Gasteiger partial charge is 0.296 e. The lowest BCUT2D eigenvalue weighted by Crippen LogP contribution is -2.00. The van der Waals surface area contributed by atoms with Crippen LogP contribution in [0.25, 0.3) is 0 Å². The molecule has 0 saturated heterocycles. The van der Waals surface area contributed by atoms with E-state index in [0.29, 0.717) is 8.95 Å². The third kappa shape index (κ3) is 3.20. The maximum absolute atomic E-state index is 10.9. The van der Waals surface area contributed by atoms with Gasteiger partial charge >= 0.3 is 0 Å². The maximum Gasteiger partial charge on any atom is 0.296 e.